The Balaban J connectivity index is 0.00000252. The minimum Gasteiger partial charge on any atom is -0.496 e. The molecule has 1 saturated heterocycles. The zero-order valence-corrected chi connectivity index (χ0v) is 36.0. The van der Waals surface area contributed by atoms with Crippen molar-refractivity contribution in [2.45, 2.75) is 141 Å². The van der Waals surface area contributed by atoms with Crippen LogP contribution in [0.3, 0.4) is 0 Å². The third kappa shape index (κ3) is 9.52. The van der Waals surface area contributed by atoms with E-state index in [-0.39, 0.29) is 47.1 Å². The van der Waals surface area contributed by atoms with Crippen LogP contribution in [-0.4, -0.2) is 89.8 Å². The highest BCUT2D eigenvalue weighted by atomic mass is 32.2. The number of amides is 4. The number of carbonyl (C=O) groups excluding carboxylic acids is 4. The van der Waals surface area contributed by atoms with Gasteiger partial charge < -0.3 is 29.7 Å². The van der Waals surface area contributed by atoms with Gasteiger partial charge in [0.25, 0.3) is 5.91 Å². The van der Waals surface area contributed by atoms with Crippen LogP contribution in [-0.2, 0) is 29.1 Å². The van der Waals surface area contributed by atoms with Gasteiger partial charge in [0, 0.05) is 34.3 Å². The summed E-state index contributed by atoms with van der Waals surface area (Å²) in [5.74, 6) is -3.06. The second-order valence-corrected chi connectivity index (χ2v) is 19.1. The number of fused-ring (bicyclic) bond motifs is 3. The minimum absolute atomic E-state index is 0. The van der Waals surface area contributed by atoms with Gasteiger partial charge in [-0.3, -0.25) is 19.1 Å². The molecule has 3 fully saturated rings. The van der Waals surface area contributed by atoms with Crippen molar-refractivity contribution in [2.24, 2.45) is 17.8 Å². The van der Waals surface area contributed by atoms with Gasteiger partial charge in [0.1, 0.15) is 40.9 Å². The van der Waals surface area contributed by atoms with E-state index >= 15 is 0 Å². The number of methoxy groups -OCH3 is 1. The van der Waals surface area contributed by atoms with E-state index in [4.69, 9.17) is 14.2 Å². The lowest BCUT2D eigenvalue weighted by molar-refractivity contribution is -0.142. The van der Waals surface area contributed by atoms with E-state index in [1.807, 2.05) is 32.9 Å². The van der Waals surface area contributed by atoms with Crippen molar-refractivity contribution >= 4 is 44.6 Å². The third-order valence-electron chi connectivity index (χ3n) is 11.6. The first kappa shape index (κ1) is 44.6. The predicted molar refractivity (Wildman–Crippen MR) is 223 cm³/mol. The predicted octanol–water partition coefficient (Wildman–Crippen LogP) is 6.66. The molecule has 0 spiro atoms. The number of pyridine rings is 1. The SMILES string of the molecule is CC.CCC1(S(=O)(=O)NC(=O)[C@@]23C[C@H]2/C=C\CC[C@H](C)C[C@@H](C)[C@H](NC(=O)OC(C)(C)C)C(=O)N2C[C@H](Oc4nccc5c(OC)cc(F)cc45)C[C@H]2C(=O)N3)CC1.[HH].[HH].[HH]. The molecule has 0 unspecified atom stereocenters. The van der Waals surface area contributed by atoms with E-state index in [0.717, 1.165) is 6.42 Å². The van der Waals surface area contributed by atoms with E-state index in [9.17, 15) is 32.0 Å². The molecule has 16 heteroatoms. The number of allylic oxidation sites excluding steroid dienone is 1. The summed E-state index contributed by atoms with van der Waals surface area (Å²) >= 11 is 0. The number of sulfonamides is 1. The number of rotatable bonds is 8. The molecule has 14 nitrogen and oxygen atoms in total. The Labute approximate surface area is 345 Å². The Morgan fingerprint density at radius 2 is 1.83 bits per heavy atom. The number of hydrogen-bond donors (Lipinski definition) is 3. The number of halogens is 1. The number of benzene rings is 1. The van der Waals surface area contributed by atoms with Gasteiger partial charge in [-0.2, -0.15) is 0 Å². The first-order chi connectivity index (χ1) is 27.3. The number of carbonyl (C=O) groups is 4. The number of aromatic nitrogens is 1. The maximum Gasteiger partial charge on any atom is 0.408 e. The first-order valence-corrected chi connectivity index (χ1v) is 21.9. The molecule has 2 aliphatic heterocycles. The van der Waals surface area contributed by atoms with Crippen molar-refractivity contribution in [3.8, 4) is 11.6 Å². The van der Waals surface area contributed by atoms with Crippen LogP contribution >= 0.6 is 0 Å². The summed E-state index contributed by atoms with van der Waals surface area (Å²) in [5.41, 5.74) is -2.42. The molecule has 0 radical (unpaired) electrons. The lowest BCUT2D eigenvalue weighted by atomic mass is 9.88. The van der Waals surface area contributed by atoms with Gasteiger partial charge in [-0.15, -0.1) is 0 Å². The Morgan fingerprint density at radius 3 is 2.47 bits per heavy atom. The molecule has 7 atom stereocenters. The van der Waals surface area contributed by atoms with Crippen LogP contribution in [0.5, 0.6) is 11.6 Å². The monoisotopic (exact) mass is 835 g/mol. The number of nitrogens with zero attached hydrogens (tertiary/aromatic N) is 2. The molecule has 1 aromatic heterocycles. The highest BCUT2D eigenvalue weighted by Crippen LogP contribution is 2.49. The molecule has 326 valence electrons. The maximum absolute atomic E-state index is 14.8. The van der Waals surface area contributed by atoms with Crippen LogP contribution in [0.25, 0.3) is 10.8 Å². The minimum atomic E-state index is -4.04. The lowest BCUT2D eigenvalue weighted by Crippen LogP contribution is -2.59. The van der Waals surface area contributed by atoms with Gasteiger partial charge in [0.15, 0.2) is 0 Å². The van der Waals surface area contributed by atoms with Gasteiger partial charge in [0.05, 0.1) is 23.8 Å². The first-order valence-electron chi connectivity index (χ1n) is 20.5. The van der Waals surface area contributed by atoms with Crippen molar-refractivity contribution in [1.82, 2.24) is 25.2 Å². The van der Waals surface area contributed by atoms with Crippen molar-refractivity contribution in [3.05, 3.63) is 42.4 Å². The van der Waals surface area contributed by atoms with Crippen molar-refractivity contribution in [2.75, 3.05) is 13.7 Å². The fourth-order valence-electron chi connectivity index (χ4n) is 8.13. The van der Waals surface area contributed by atoms with Crippen molar-refractivity contribution < 1.29 is 50.5 Å². The van der Waals surface area contributed by atoms with Gasteiger partial charge >= 0.3 is 6.09 Å². The zero-order chi connectivity index (χ0) is 42.8. The molecular weight excluding hydrogens is 770 g/mol. The number of ether oxygens (including phenoxy) is 3. The van der Waals surface area contributed by atoms with Gasteiger partial charge in [-0.1, -0.05) is 46.8 Å². The van der Waals surface area contributed by atoms with Crippen LogP contribution in [0.2, 0.25) is 0 Å². The molecule has 3 N–H and O–H groups in total. The molecule has 4 aliphatic rings. The highest BCUT2D eigenvalue weighted by Gasteiger charge is 2.63. The van der Waals surface area contributed by atoms with Crippen LogP contribution < -0.4 is 24.8 Å². The third-order valence-corrected chi connectivity index (χ3v) is 13.9. The standard InChI is InChI=1S/C40H54FN5O9S.C2H6.3H2/c1-8-39(14-15-39)56(51,52)45-36(49)40-21-25(40)12-10-9-11-23(2)17-24(3)32(43-37(50)55-38(4,5)6)35(48)46-22-27(20-30(46)33(47)44-40)54-34-29-18-26(41)19-31(53-7)28(29)13-16-42-34;1-2;;;/h10,12-13,16,18-19,23-25,27,30,32H,8-9,11,14-15,17,20-22H2,1-7H3,(H,43,50)(H,44,47)(H,45,49);1-2H3;3*1H/b12-10-;;;;/t23-,24+,25+,27+,30-,32-,40+;;;;/m0..../s1. The van der Waals surface area contributed by atoms with Crippen molar-refractivity contribution in [1.29, 1.82) is 0 Å². The van der Waals surface area contributed by atoms with E-state index in [2.05, 4.69) is 27.3 Å². The van der Waals surface area contributed by atoms with E-state index in [1.54, 1.807) is 33.8 Å². The smallest absolute Gasteiger partial charge is 0.408 e. The second kappa shape index (κ2) is 17.4. The molecule has 58 heavy (non-hydrogen) atoms. The Kier molecular flexibility index (Phi) is 13.4. The normalized spacial score (nSPS) is 28.8. The summed E-state index contributed by atoms with van der Waals surface area (Å²) in [4.78, 5) is 62.2. The molecule has 2 saturated carbocycles. The summed E-state index contributed by atoms with van der Waals surface area (Å²) in [6.45, 7) is 14.7. The quantitative estimate of drug-likeness (QED) is 0.243. The fourth-order valence-corrected chi connectivity index (χ4v) is 9.80. The van der Waals surface area contributed by atoms with Crippen LogP contribution in [0, 0.1) is 23.6 Å². The van der Waals surface area contributed by atoms with Crippen LogP contribution in [0.4, 0.5) is 9.18 Å². The van der Waals surface area contributed by atoms with Gasteiger partial charge in [-0.25, -0.2) is 22.6 Å². The van der Waals surface area contributed by atoms with Gasteiger partial charge in [-0.05, 0) is 89.7 Å². The molecule has 2 aliphatic carbocycles. The molecule has 2 aromatic rings. The zero-order valence-electron chi connectivity index (χ0n) is 35.1. The fraction of sp³-hybridized carbons (Fsp3) is 0.643. The topological polar surface area (TPSA) is 182 Å². The lowest BCUT2D eigenvalue weighted by Gasteiger charge is -2.33. The molecule has 1 aromatic carbocycles. The van der Waals surface area contributed by atoms with Gasteiger partial charge in [0.2, 0.25) is 27.7 Å². The maximum atomic E-state index is 14.8. The Morgan fingerprint density at radius 1 is 1.12 bits per heavy atom. The average molecular weight is 836 g/mol. The highest BCUT2D eigenvalue weighted by molar-refractivity contribution is 7.91. The summed E-state index contributed by atoms with van der Waals surface area (Å²) < 4.78 is 60.1. The van der Waals surface area contributed by atoms with Crippen LogP contribution in [0.1, 0.15) is 111 Å². The molecular formula is C42H66FN5O9S. The number of hydrogen-bond acceptors (Lipinski definition) is 10. The number of nitrogens with one attached hydrogen (secondary N) is 3. The van der Waals surface area contributed by atoms with E-state index in [0.29, 0.717) is 42.9 Å². The Hall–Kier alpha value is -4.47. The summed E-state index contributed by atoms with van der Waals surface area (Å²) in [5, 5.41) is 6.51. The summed E-state index contributed by atoms with van der Waals surface area (Å²) in [7, 11) is -2.62. The summed E-state index contributed by atoms with van der Waals surface area (Å²) in [6.07, 6.45) is 6.94. The number of alkyl carbamates (subject to hydrolysis) is 1. The molecule has 4 amide bonds. The van der Waals surface area contributed by atoms with Crippen LogP contribution in [0.15, 0.2) is 36.5 Å². The molecule has 0 bridgehead atoms. The summed E-state index contributed by atoms with van der Waals surface area (Å²) in [6, 6.07) is 1.85. The van der Waals surface area contributed by atoms with E-state index < -0.39 is 79.6 Å². The van der Waals surface area contributed by atoms with Crippen molar-refractivity contribution in [3.63, 3.8) is 0 Å². The second-order valence-electron chi connectivity index (χ2n) is 17.0. The Bertz CT molecular complexity index is 2030. The van der Waals surface area contributed by atoms with E-state index in [1.165, 1.54) is 30.3 Å². The average Bonchev–Trinajstić information content (AvgIpc) is 4.06. The molecule has 3 heterocycles. The largest absolute Gasteiger partial charge is 0.496 e. The molecule has 6 rings (SSSR count).